The van der Waals surface area contributed by atoms with E-state index in [2.05, 4.69) is 0 Å². The van der Waals surface area contributed by atoms with E-state index in [1.807, 2.05) is 13.8 Å². The van der Waals surface area contributed by atoms with E-state index in [0.29, 0.717) is 13.0 Å². The van der Waals surface area contributed by atoms with E-state index in [1.165, 1.54) is 4.90 Å². The van der Waals surface area contributed by atoms with E-state index >= 15 is 0 Å². The molecule has 0 aromatic rings. The Bertz CT molecular complexity index is 324. The second kappa shape index (κ2) is 3.84. The van der Waals surface area contributed by atoms with Gasteiger partial charge in [-0.05, 0) is 25.2 Å². The molecule has 1 aliphatic carbocycles. The Morgan fingerprint density at radius 2 is 2.06 bits per heavy atom. The molecule has 2 aliphatic rings. The van der Waals surface area contributed by atoms with Crippen molar-refractivity contribution in [2.24, 2.45) is 11.3 Å². The second-order valence-electron chi connectivity index (χ2n) is 5.70. The molecule has 16 heavy (non-hydrogen) atoms. The summed E-state index contributed by atoms with van der Waals surface area (Å²) < 4.78 is 0. The molecular weight excluding hydrogens is 206 g/mol. The highest BCUT2D eigenvalue weighted by Crippen LogP contribution is 2.34. The number of likely N-dealkylation sites (tertiary alicyclic amines) is 1. The summed E-state index contributed by atoms with van der Waals surface area (Å²) in [5.74, 6) is 0.173. The highest BCUT2D eigenvalue weighted by atomic mass is 16.3. The number of aliphatic hydroxyl groups excluding tert-OH is 1. The minimum Gasteiger partial charge on any atom is -0.393 e. The third kappa shape index (κ3) is 1.98. The largest absolute Gasteiger partial charge is 0.393 e. The second-order valence-corrected chi connectivity index (χ2v) is 5.70. The predicted molar refractivity (Wildman–Crippen MR) is 58.5 cm³/mol. The maximum absolute atomic E-state index is 11.9. The van der Waals surface area contributed by atoms with Crippen LogP contribution in [-0.4, -0.2) is 34.5 Å². The van der Waals surface area contributed by atoms with Gasteiger partial charge in [0.25, 0.3) is 0 Å². The van der Waals surface area contributed by atoms with Gasteiger partial charge >= 0.3 is 0 Å². The number of imide groups is 1. The first-order valence-electron chi connectivity index (χ1n) is 5.93. The summed E-state index contributed by atoms with van der Waals surface area (Å²) in [5.41, 5.74) is -0.533. The summed E-state index contributed by atoms with van der Waals surface area (Å²) in [6, 6.07) is 0. The Balaban J connectivity index is 2.00. The quantitative estimate of drug-likeness (QED) is 0.711. The van der Waals surface area contributed by atoms with Gasteiger partial charge in [-0.1, -0.05) is 13.8 Å². The van der Waals surface area contributed by atoms with Gasteiger partial charge in [0.2, 0.25) is 11.8 Å². The molecule has 2 unspecified atom stereocenters. The van der Waals surface area contributed by atoms with Crippen LogP contribution in [0.3, 0.4) is 0 Å². The standard InChI is InChI=1S/C12H19NO3/c1-12(2)6-10(15)13(11(12)16)7-8-3-4-9(14)5-8/h8-9,14H,3-7H2,1-2H3. The normalized spacial score (nSPS) is 33.8. The molecular formula is C12H19NO3. The molecule has 2 amide bonds. The van der Waals surface area contributed by atoms with Gasteiger partial charge in [0.05, 0.1) is 11.5 Å². The zero-order chi connectivity index (χ0) is 11.9. The average Bonchev–Trinajstić information content (AvgIpc) is 2.65. The van der Waals surface area contributed by atoms with Crippen LogP contribution in [0.5, 0.6) is 0 Å². The van der Waals surface area contributed by atoms with Gasteiger partial charge in [-0.2, -0.15) is 0 Å². The summed E-state index contributed by atoms with van der Waals surface area (Å²) in [6.45, 7) is 4.13. The molecule has 0 aromatic carbocycles. The lowest BCUT2D eigenvalue weighted by molar-refractivity contribution is -0.141. The van der Waals surface area contributed by atoms with Gasteiger partial charge in [0.15, 0.2) is 0 Å². The molecule has 1 N–H and O–H groups in total. The number of nitrogens with zero attached hydrogens (tertiary/aromatic N) is 1. The Morgan fingerprint density at radius 1 is 1.38 bits per heavy atom. The molecule has 2 rings (SSSR count). The molecule has 0 bridgehead atoms. The van der Waals surface area contributed by atoms with Gasteiger partial charge in [0, 0.05) is 13.0 Å². The fraction of sp³-hybridized carbons (Fsp3) is 0.833. The minimum atomic E-state index is -0.533. The zero-order valence-corrected chi connectivity index (χ0v) is 9.90. The first-order chi connectivity index (χ1) is 7.40. The number of aliphatic hydroxyl groups is 1. The van der Waals surface area contributed by atoms with Crippen molar-refractivity contribution < 1.29 is 14.7 Å². The van der Waals surface area contributed by atoms with Crippen molar-refractivity contribution in [1.82, 2.24) is 4.90 Å². The van der Waals surface area contributed by atoms with Gasteiger partial charge in [-0.15, -0.1) is 0 Å². The van der Waals surface area contributed by atoms with E-state index in [0.717, 1.165) is 19.3 Å². The third-order valence-corrected chi connectivity index (χ3v) is 3.67. The van der Waals surface area contributed by atoms with Crippen LogP contribution in [0.2, 0.25) is 0 Å². The van der Waals surface area contributed by atoms with E-state index in [1.54, 1.807) is 0 Å². The van der Waals surface area contributed by atoms with Crippen molar-refractivity contribution in [3.8, 4) is 0 Å². The molecule has 1 saturated heterocycles. The maximum Gasteiger partial charge on any atom is 0.235 e. The highest BCUT2D eigenvalue weighted by Gasteiger charge is 2.45. The number of amides is 2. The third-order valence-electron chi connectivity index (χ3n) is 3.67. The smallest absolute Gasteiger partial charge is 0.235 e. The molecule has 4 heteroatoms. The molecule has 4 nitrogen and oxygen atoms in total. The molecule has 1 saturated carbocycles. The van der Waals surface area contributed by atoms with Gasteiger partial charge in [-0.25, -0.2) is 0 Å². The van der Waals surface area contributed by atoms with Crippen LogP contribution in [0.4, 0.5) is 0 Å². The van der Waals surface area contributed by atoms with Crippen LogP contribution in [0.15, 0.2) is 0 Å². The van der Waals surface area contributed by atoms with Crippen LogP contribution in [0, 0.1) is 11.3 Å². The zero-order valence-electron chi connectivity index (χ0n) is 9.90. The molecule has 1 aliphatic heterocycles. The highest BCUT2D eigenvalue weighted by molar-refractivity contribution is 6.05. The van der Waals surface area contributed by atoms with E-state index in [4.69, 9.17) is 0 Å². The lowest BCUT2D eigenvalue weighted by atomic mass is 9.92. The fourth-order valence-electron chi connectivity index (χ4n) is 2.69. The van der Waals surface area contributed by atoms with Crippen LogP contribution in [0.1, 0.15) is 39.5 Å². The van der Waals surface area contributed by atoms with Crippen LogP contribution >= 0.6 is 0 Å². The Labute approximate surface area is 95.6 Å². The SMILES string of the molecule is CC1(C)CC(=O)N(CC2CCC(O)C2)C1=O. The van der Waals surface area contributed by atoms with Gasteiger partial charge < -0.3 is 5.11 Å². The number of carbonyl (C=O) groups is 2. The molecule has 2 atom stereocenters. The summed E-state index contributed by atoms with van der Waals surface area (Å²) >= 11 is 0. The van der Waals surface area contributed by atoms with Crippen LogP contribution in [-0.2, 0) is 9.59 Å². The molecule has 1 heterocycles. The van der Waals surface area contributed by atoms with Crippen molar-refractivity contribution in [1.29, 1.82) is 0 Å². The average molecular weight is 225 g/mol. The van der Waals surface area contributed by atoms with Crippen molar-refractivity contribution >= 4 is 11.8 Å². The number of hydrogen-bond donors (Lipinski definition) is 1. The molecule has 0 spiro atoms. The van der Waals surface area contributed by atoms with Crippen LogP contribution in [0.25, 0.3) is 0 Å². The Morgan fingerprint density at radius 3 is 2.50 bits per heavy atom. The lowest BCUT2D eigenvalue weighted by Gasteiger charge is -2.20. The predicted octanol–water partition coefficient (Wildman–Crippen LogP) is 0.933. The first-order valence-corrected chi connectivity index (χ1v) is 5.93. The van der Waals surface area contributed by atoms with E-state index < -0.39 is 5.41 Å². The first kappa shape index (κ1) is 11.6. The maximum atomic E-state index is 11.9. The number of carbonyl (C=O) groups excluding carboxylic acids is 2. The van der Waals surface area contributed by atoms with E-state index in [-0.39, 0.29) is 23.8 Å². The summed E-state index contributed by atoms with van der Waals surface area (Å²) in [4.78, 5) is 25.1. The summed E-state index contributed by atoms with van der Waals surface area (Å²) in [5, 5.41) is 9.42. The monoisotopic (exact) mass is 225 g/mol. The van der Waals surface area contributed by atoms with Crippen molar-refractivity contribution in [3.63, 3.8) is 0 Å². The topological polar surface area (TPSA) is 57.6 Å². The fourth-order valence-corrected chi connectivity index (χ4v) is 2.69. The molecule has 2 fully saturated rings. The summed E-state index contributed by atoms with van der Waals surface area (Å²) in [6.07, 6.45) is 2.51. The Hall–Kier alpha value is -0.900. The van der Waals surface area contributed by atoms with Crippen LogP contribution < -0.4 is 0 Å². The van der Waals surface area contributed by atoms with E-state index in [9.17, 15) is 14.7 Å². The number of rotatable bonds is 2. The van der Waals surface area contributed by atoms with Gasteiger partial charge in [-0.3, -0.25) is 14.5 Å². The number of hydrogen-bond acceptors (Lipinski definition) is 3. The molecule has 0 aromatic heterocycles. The molecule has 0 radical (unpaired) electrons. The van der Waals surface area contributed by atoms with Crippen molar-refractivity contribution in [2.45, 2.75) is 45.6 Å². The van der Waals surface area contributed by atoms with Crippen molar-refractivity contribution in [3.05, 3.63) is 0 Å². The Kier molecular flexibility index (Phi) is 2.78. The molecule has 90 valence electrons. The van der Waals surface area contributed by atoms with Gasteiger partial charge in [0.1, 0.15) is 0 Å². The van der Waals surface area contributed by atoms with Crippen molar-refractivity contribution in [2.75, 3.05) is 6.54 Å². The summed E-state index contributed by atoms with van der Waals surface area (Å²) in [7, 11) is 0. The lowest BCUT2D eigenvalue weighted by Crippen LogP contribution is -2.36. The minimum absolute atomic E-state index is 0.0566.